The van der Waals surface area contributed by atoms with E-state index >= 15 is 0 Å². The summed E-state index contributed by atoms with van der Waals surface area (Å²) in [7, 11) is 0. The van der Waals surface area contributed by atoms with E-state index in [0.29, 0.717) is 13.0 Å². The average Bonchev–Trinajstić information content (AvgIpc) is 2.82. The molecule has 2 aliphatic rings. The van der Waals surface area contributed by atoms with Crippen LogP contribution in [-0.4, -0.2) is 29.3 Å². The summed E-state index contributed by atoms with van der Waals surface area (Å²) in [6, 6.07) is 1.90. The predicted octanol–water partition coefficient (Wildman–Crippen LogP) is 1.86. The largest absolute Gasteiger partial charge is 0.345 e. The molecule has 2 unspecified atom stereocenters. The number of nitrogens with one attached hydrogen (secondary N) is 1. The Balaban J connectivity index is 1.90. The molecule has 5 heteroatoms. The summed E-state index contributed by atoms with van der Waals surface area (Å²) in [6.07, 6.45) is 3.67. The van der Waals surface area contributed by atoms with E-state index in [1.165, 1.54) is 10.4 Å². The Bertz CT molecular complexity index is 511. The molecular weight excluding hydrogens is 260 g/mol. The van der Waals surface area contributed by atoms with Crippen LogP contribution in [0.2, 0.25) is 0 Å². The maximum atomic E-state index is 12.4. The molecule has 102 valence electrons. The number of nitrogens with zero attached hydrogens (tertiary/aromatic N) is 1. The first kappa shape index (κ1) is 12.7. The number of fused-ring (bicyclic) bond motifs is 1. The Labute approximate surface area is 116 Å². The van der Waals surface area contributed by atoms with E-state index in [0.717, 1.165) is 19.3 Å². The minimum atomic E-state index is -0.404. The Morgan fingerprint density at radius 3 is 3.05 bits per heavy atom. The summed E-state index contributed by atoms with van der Waals surface area (Å²) in [4.78, 5) is 27.3. The number of amides is 2. The molecule has 0 saturated carbocycles. The van der Waals surface area contributed by atoms with Crippen LogP contribution in [0.25, 0.3) is 0 Å². The molecule has 1 aliphatic carbocycles. The van der Waals surface area contributed by atoms with Gasteiger partial charge in [0.15, 0.2) is 0 Å². The summed E-state index contributed by atoms with van der Waals surface area (Å²) in [5.74, 6) is 0.0274. The SMILES string of the molecule is CC1NC(=O)CCN(C2CCCc3sccc32)C1=O. The second-order valence-corrected chi connectivity index (χ2v) is 6.28. The van der Waals surface area contributed by atoms with E-state index < -0.39 is 6.04 Å². The van der Waals surface area contributed by atoms with Crippen LogP contribution in [0.15, 0.2) is 11.4 Å². The Hall–Kier alpha value is -1.36. The lowest BCUT2D eigenvalue weighted by Crippen LogP contribution is -2.44. The molecule has 1 saturated heterocycles. The fourth-order valence-corrected chi connectivity index (χ4v) is 4.03. The van der Waals surface area contributed by atoms with Gasteiger partial charge in [-0.2, -0.15) is 0 Å². The third kappa shape index (κ3) is 2.27. The zero-order chi connectivity index (χ0) is 13.4. The van der Waals surface area contributed by atoms with E-state index in [1.807, 2.05) is 4.90 Å². The molecule has 1 fully saturated rings. The number of hydrogen-bond acceptors (Lipinski definition) is 3. The molecule has 2 atom stereocenters. The minimum Gasteiger partial charge on any atom is -0.345 e. The molecule has 19 heavy (non-hydrogen) atoms. The van der Waals surface area contributed by atoms with Crippen molar-refractivity contribution in [1.29, 1.82) is 0 Å². The van der Waals surface area contributed by atoms with Crippen LogP contribution in [0.5, 0.6) is 0 Å². The molecule has 0 radical (unpaired) electrons. The van der Waals surface area contributed by atoms with Crippen molar-refractivity contribution >= 4 is 23.2 Å². The monoisotopic (exact) mass is 278 g/mol. The highest BCUT2D eigenvalue weighted by atomic mass is 32.1. The van der Waals surface area contributed by atoms with Gasteiger partial charge in [0.2, 0.25) is 11.8 Å². The predicted molar refractivity (Wildman–Crippen MR) is 73.9 cm³/mol. The van der Waals surface area contributed by atoms with Gasteiger partial charge in [-0.25, -0.2) is 0 Å². The topological polar surface area (TPSA) is 49.4 Å². The van der Waals surface area contributed by atoms with Gasteiger partial charge in [-0.05, 0) is 43.2 Å². The Kier molecular flexibility index (Phi) is 3.31. The Morgan fingerprint density at radius 2 is 2.21 bits per heavy atom. The van der Waals surface area contributed by atoms with Crippen LogP contribution in [0.3, 0.4) is 0 Å². The van der Waals surface area contributed by atoms with Gasteiger partial charge in [0.1, 0.15) is 6.04 Å². The molecule has 0 bridgehead atoms. The number of rotatable bonds is 1. The van der Waals surface area contributed by atoms with E-state index in [9.17, 15) is 9.59 Å². The summed E-state index contributed by atoms with van der Waals surface area (Å²) >= 11 is 1.78. The molecule has 0 spiro atoms. The number of carbonyl (C=O) groups excluding carboxylic acids is 2. The molecule has 1 aromatic heterocycles. The third-order valence-corrected chi connectivity index (χ3v) is 5.00. The fraction of sp³-hybridized carbons (Fsp3) is 0.571. The first-order valence-corrected chi connectivity index (χ1v) is 7.71. The number of thiophene rings is 1. The van der Waals surface area contributed by atoms with Crippen molar-refractivity contribution in [2.45, 2.75) is 44.7 Å². The van der Waals surface area contributed by atoms with Crippen LogP contribution in [0.1, 0.15) is 42.7 Å². The maximum absolute atomic E-state index is 12.4. The number of carbonyl (C=O) groups is 2. The van der Waals surface area contributed by atoms with Crippen LogP contribution >= 0.6 is 11.3 Å². The van der Waals surface area contributed by atoms with E-state index in [2.05, 4.69) is 16.8 Å². The summed E-state index contributed by atoms with van der Waals surface area (Å²) in [5, 5.41) is 4.86. The van der Waals surface area contributed by atoms with Crippen LogP contribution in [0.4, 0.5) is 0 Å². The summed E-state index contributed by atoms with van der Waals surface area (Å²) in [5.41, 5.74) is 1.30. The van der Waals surface area contributed by atoms with Gasteiger partial charge in [-0.15, -0.1) is 11.3 Å². The lowest BCUT2D eigenvalue weighted by molar-refractivity contribution is -0.135. The van der Waals surface area contributed by atoms with Gasteiger partial charge < -0.3 is 10.2 Å². The first-order chi connectivity index (χ1) is 9.16. The molecule has 0 aromatic carbocycles. The molecule has 1 N–H and O–H groups in total. The van der Waals surface area contributed by atoms with Gasteiger partial charge >= 0.3 is 0 Å². The highest BCUT2D eigenvalue weighted by Crippen LogP contribution is 2.37. The molecule has 1 aromatic rings. The smallest absolute Gasteiger partial charge is 0.245 e. The van der Waals surface area contributed by atoms with Gasteiger partial charge in [0, 0.05) is 17.8 Å². The highest BCUT2D eigenvalue weighted by molar-refractivity contribution is 7.10. The normalized spacial score (nSPS) is 27.7. The second kappa shape index (κ2) is 4.96. The van der Waals surface area contributed by atoms with Gasteiger partial charge in [-0.3, -0.25) is 9.59 Å². The molecular formula is C14H18N2O2S. The fourth-order valence-electron chi connectivity index (χ4n) is 3.05. The summed E-state index contributed by atoms with van der Waals surface area (Å²) < 4.78 is 0. The molecule has 4 nitrogen and oxygen atoms in total. The zero-order valence-corrected chi connectivity index (χ0v) is 11.8. The highest BCUT2D eigenvalue weighted by Gasteiger charge is 2.34. The van der Waals surface area contributed by atoms with Gasteiger partial charge in [0.05, 0.1) is 6.04 Å². The van der Waals surface area contributed by atoms with Crippen molar-refractivity contribution in [1.82, 2.24) is 10.2 Å². The van der Waals surface area contributed by atoms with E-state index in [4.69, 9.17) is 0 Å². The van der Waals surface area contributed by atoms with Crippen molar-refractivity contribution in [2.75, 3.05) is 6.54 Å². The second-order valence-electron chi connectivity index (χ2n) is 5.28. The van der Waals surface area contributed by atoms with Crippen molar-refractivity contribution in [3.05, 3.63) is 21.9 Å². The third-order valence-electron chi connectivity index (χ3n) is 4.01. The van der Waals surface area contributed by atoms with Gasteiger partial charge in [0.25, 0.3) is 0 Å². The number of hydrogen-bond donors (Lipinski definition) is 1. The standard InChI is InChI=1S/C14H18N2O2S/c1-9-14(18)16(7-5-13(17)15-9)11-3-2-4-12-10(11)6-8-19-12/h6,8-9,11H,2-5,7H2,1H3,(H,15,17). The zero-order valence-electron chi connectivity index (χ0n) is 11.0. The average molecular weight is 278 g/mol. The van der Waals surface area contributed by atoms with E-state index in [-0.39, 0.29) is 17.9 Å². The van der Waals surface area contributed by atoms with Gasteiger partial charge in [-0.1, -0.05) is 0 Å². The molecule has 3 rings (SSSR count). The molecule has 1 aliphatic heterocycles. The van der Waals surface area contributed by atoms with E-state index in [1.54, 1.807) is 18.3 Å². The Morgan fingerprint density at radius 1 is 1.37 bits per heavy atom. The quantitative estimate of drug-likeness (QED) is 0.852. The number of aryl methyl sites for hydroxylation is 1. The van der Waals surface area contributed by atoms with Crippen molar-refractivity contribution in [2.24, 2.45) is 0 Å². The van der Waals surface area contributed by atoms with Crippen molar-refractivity contribution < 1.29 is 9.59 Å². The maximum Gasteiger partial charge on any atom is 0.245 e. The van der Waals surface area contributed by atoms with Crippen LogP contribution in [0, 0.1) is 0 Å². The van der Waals surface area contributed by atoms with Crippen molar-refractivity contribution in [3.8, 4) is 0 Å². The first-order valence-electron chi connectivity index (χ1n) is 6.83. The van der Waals surface area contributed by atoms with Crippen molar-refractivity contribution in [3.63, 3.8) is 0 Å². The lowest BCUT2D eigenvalue weighted by atomic mass is 9.92. The minimum absolute atomic E-state index is 0.0234. The molecule has 2 heterocycles. The van der Waals surface area contributed by atoms with Crippen LogP contribution in [-0.2, 0) is 16.0 Å². The molecule has 2 amide bonds. The summed E-state index contributed by atoms with van der Waals surface area (Å²) in [6.45, 7) is 2.31. The van der Waals surface area contributed by atoms with Crippen LogP contribution < -0.4 is 5.32 Å². The lowest BCUT2D eigenvalue weighted by Gasteiger charge is -2.34.